The average molecular weight is 177 g/mol. The summed E-state index contributed by atoms with van der Waals surface area (Å²) < 4.78 is 0. The standard InChI is InChI=1S/C8H17S2/c1-9-7-5-4-6-8(7)10(2)3/h7-8H,4-6H2,1-3H3/q+1. The highest BCUT2D eigenvalue weighted by Crippen LogP contribution is 2.32. The van der Waals surface area contributed by atoms with Gasteiger partial charge >= 0.3 is 0 Å². The van der Waals surface area contributed by atoms with Gasteiger partial charge in [-0.15, -0.1) is 0 Å². The SMILES string of the molecule is CSC1CCCC1[S+](C)C. The second-order valence-electron chi connectivity index (χ2n) is 3.12. The quantitative estimate of drug-likeness (QED) is 0.582. The molecule has 0 bridgehead atoms. The molecule has 0 radical (unpaired) electrons. The molecule has 0 nitrogen and oxygen atoms in total. The van der Waals surface area contributed by atoms with E-state index >= 15 is 0 Å². The summed E-state index contributed by atoms with van der Waals surface area (Å²) in [5.74, 6) is 0. The van der Waals surface area contributed by atoms with E-state index in [2.05, 4.69) is 30.5 Å². The largest absolute Gasteiger partial charge is 0.157 e. The van der Waals surface area contributed by atoms with E-state index in [1.165, 1.54) is 19.3 Å². The first-order valence-corrected chi connectivity index (χ1v) is 7.24. The number of thioether (sulfide) groups is 1. The topological polar surface area (TPSA) is 0 Å². The predicted octanol–water partition coefficient (Wildman–Crippen LogP) is 2.15. The summed E-state index contributed by atoms with van der Waals surface area (Å²) >= 11 is 2.08. The van der Waals surface area contributed by atoms with Crippen molar-refractivity contribution >= 4 is 22.7 Å². The van der Waals surface area contributed by atoms with Crippen molar-refractivity contribution in [2.45, 2.75) is 29.8 Å². The smallest absolute Gasteiger partial charge is 0.129 e. The molecule has 0 saturated heterocycles. The van der Waals surface area contributed by atoms with Crippen LogP contribution in [0.5, 0.6) is 0 Å². The van der Waals surface area contributed by atoms with Crippen LogP contribution in [-0.4, -0.2) is 29.3 Å². The van der Waals surface area contributed by atoms with Crippen molar-refractivity contribution in [2.24, 2.45) is 0 Å². The summed E-state index contributed by atoms with van der Waals surface area (Å²) in [5, 5.41) is 2.02. The Morgan fingerprint density at radius 3 is 2.40 bits per heavy atom. The Balaban J connectivity index is 2.42. The Kier molecular flexibility index (Phi) is 3.44. The molecule has 0 heterocycles. The van der Waals surface area contributed by atoms with E-state index in [1.54, 1.807) is 0 Å². The van der Waals surface area contributed by atoms with Crippen LogP contribution in [0.25, 0.3) is 0 Å². The Hall–Kier alpha value is 0.700. The van der Waals surface area contributed by atoms with Gasteiger partial charge in [-0.3, -0.25) is 0 Å². The minimum Gasteiger partial charge on any atom is -0.157 e. The summed E-state index contributed by atoms with van der Waals surface area (Å²) in [7, 11) is 0.658. The lowest BCUT2D eigenvalue weighted by Gasteiger charge is -2.13. The fourth-order valence-corrected chi connectivity index (χ4v) is 4.92. The second kappa shape index (κ2) is 3.91. The van der Waals surface area contributed by atoms with Gasteiger partial charge in [-0.25, -0.2) is 0 Å². The number of hydrogen-bond donors (Lipinski definition) is 0. The molecule has 1 aliphatic carbocycles. The van der Waals surface area contributed by atoms with Gasteiger partial charge in [0.1, 0.15) is 5.25 Å². The third-order valence-electron chi connectivity index (χ3n) is 2.30. The van der Waals surface area contributed by atoms with Gasteiger partial charge in [-0.2, -0.15) is 11.8 Å². The molecule has 0 spiro atoms. The zero-order chi connectivity index (χ0) is 7.56. The van der Waals surface area contributed by atoms with Gasteiger partial charge in [0.25, 0.3) is 0 Å². The molecule has 2 unspecified atom stereocenters. The molecule has 0 aromatic carbocycles. The van der Waals surface area contributed by atoms with E-state index in [9.17, 15) is 0 Å². The van der Waals surface area contributed by atoms with Gasteiger partial charge in [0, 0.05) is 0 Å². The third-order valence-corrected chi connectivity index (χ3v) is 5.42. The second-order valence-corrected chi connectivity index (χ2v) is 6.56. The van der Waals surface area contributed by atoms with Crippen LogP contribution >= 0.6 is 11.8 Å². The van der Waals surface area contributed by atoms with Gasteiger partial charge in [0.2, 0.25) is 0 Å². The molecule has 0 aromatic rings. The lowest BCUT2D eigenvalue weighted by atomic mass is 10.4. The van der Waals surface area contributed by atoms with Crippen LogP contribution in [0.15, 0.2) is 0 Å². The zero-order valence-corrected chi connectivity index (χ0v) is 8.73. The molecule has 60 valence electrons. The van der Waals surface area contributed by atoms with Gasteiger partial charge in [0.05, 0.1) is 17.8 Å². The average Bonchev–Trinajstić information content (AvgIpc) is 2.33. The van der Waals surface area contributed by atoms with E-state index in [-0.39, 0.29) is 0 Å². The van der Waals surface area contributed by atoms with Crippen molar-refractivity contribution in [1.29, 1.82) is 0 Å². The normalized spacial score (nSPS) is 33.6. The lowest BCUT2D eigenvalue weighted by Crippen LogP contribution is -2.25. The summed E-state index contributed by atoms with van der Waals surface area (Å²) in [6.45, 7) is 0. The summed E-state index contributed by atoms with van der Waals surface area (Å²) in [6, 6.07) is 0. The van der Waals surface area contributed by atoms with Crippen LogP contribution in [0, 0.1) is 0 Å². The van der Waals surface area contributed by atoms with E-state index < -0.39 is 0 Å². The minimum atomic E-state index is 0.658. The molecule has 2 heteroatoms. The van der Waals surface area contributed by atoms with E-state index in [4.69, 9.17) is 0 Å². The first kappa shape index (κ1) is 8.79. The van der Waals surface area contributed by atoms with Crippen molar-refractivity contribution in [3.05, 3.63) is 0 Å². The minimum absolute atomic E-state index is 0.658. The predicted molar refractivity (Wildman–Crippen MR) is 54.2 cm³/mol. The van der Waals surface area contributed by atoms with Gasteiger partial charge in [0.15, 0.2) is 0 Å². The molecular weight excluding hydrogens is 160 g/mol. The van der Waals surface area contributed by atoms with Crippen LogP contribution < -0.4 is 0 Å². The maximum absolute atomic E-state index is 2.39. The van der Waals surface area contributed by atoms with Crippen LogP contribution in [0.3, 0.4) is 0 Å². The Labute approximate surface area is 71.5 Å². The molecule has 0 aliphatic heterocycles. The first-order valence-electron chi connectivity index (χ1n) is 3.85. The van der Waals surface area contributed by atoms with Crippen molar-refractivity contribution in [1.82, 2.24) is 0 Å². The zero-order valence-electron chi connectivity index (χ0n) is 7.09. The van der Waals surface area contributed by atoms with Gasteiger partial charge in [-0.05, 0) is 36.4 Å². The van der Waals surface area contributed by atoms with Crippen LogP contribution in [0.2, 0.25) is 0 Å². The molecule has 0 aromatic heterocycles. The molecule has 2 atom stereocenters. The molecule has 1 saturated carbocycles. The highest BCUT2D eigenvalue weighted by molar-refractivity contribution is 8.01. The molecule has 0 amide bonds. The molecule has 1 rings (SSSR count). The van der Waals surface area contributed by atoms with Crippen LogP contribution in [0.4, 0.5) is 0 Å². The Morgan fingerprint density at radius 1 is 1.30 bits per heavy atom. The Bertz CT molecular complexity index is 101. The molecule has 1 fully saturated rings. The number of hydrogen-bond acceptors (Lipinski definition) is 1. The maximum atomic E-state index is 2.39. The van der Waals surface area contributed by atoms with Crippen LogP contribution in [-0.2, 0) is 10.9 Å². The van der Waals surface area contributed by atoms with E-state index in [0.717, 1.165) is 10.5 Å². The molecule has 10 heavy (non-hydrogen) atoms. The highest BCUT2D eigenvalue weighted by atomic mass is 32.2. The first-order chi connectivity index (χ1) is 4.75. The lowest BCUT2D eigenvalue weighted by molar-refractivity contribution is 0.889. The van der Waals surface area contributed by atoms with Crippen LogP contribution in [0.1, 0.15) is 19.3 Å². The molecular formula is C8H17S2+. The van der Waals surface area contributed by atoms with E-state index in [0.29, 0.717) is 10.9 Å². The van der Waals surface area contributed by atoms with Crippen molar-refractivity contribution < 1.29 is 0 Å². The highest BCUT2D eigenvalue weighted by Gasteiger charge is 2.34. The fourth-order valence-electron chi connectivity index (χ4n) is 1.70. The summed E-state index contributed by atoms with van der Waals surface area (Å²) in [5.41, 5.74) is 0. The van der Waals surface area contributed by atoms with Crippen molar-refractivity contribution in [3.8, 4) is 0 Å². The maximum Gasteiger partial charge on any atom is 0.129 e. The monoisotopic (exact) mass is 177 g/mol. The Morgan fingerprint density at radius 2 is 2.00 bits per heavy atom. The van der Waals surface area contributed by atoms with Crippen molar-refractivity contribution in [2.75, 3.05) is 18.8 Å². The van der Waals surface area contributed by atoms with Gasteiger partial charge in [-0.1, -0.05) is 0 Å². The third kappa shape index (κ3) is 1.85. The summed E-state index contributed by atoms with van der Waals surface area (Å²) in [4.78, 5) is 0. The van der Waals surface area contributed by atoms with E-state index in [1.807, 2.05) is 0 Å². The van der Waals surface area contributed by atoms with Gasteiger partial charge < -0.3 is 0 Å². The molecule has 0 N–H and O–H groups in total. The fraction of sp³-hybridized carbons (Fsp3) is 1.00. The summed E-state index contributed by atoms with van der Waals surface area (Å²) in [6.07, 6.45) is 11.5. The number of rotatable bonds is 2. The molecule has 1 aliphatic rings. The van der Waals surface area contributed by atoms with Crippen molar-refractivity contribution in [3.63, 3.8) is 0 Å².